The highest BCUT2D eigenvalue weighted by atomic mass is 32.2. The zero-order valence-electron chi connectivity index (χ0n) is 9.00. The number of carbonyl (C=O) groups is 2. The molecule has 0 radical (unpaired) electrons. The molecule has 1 aromatic rings. The van der Waals surface area contributed by atoms with E-state index in [1.54, 1.807) is 0 Å². The van der Waals surface area contributed by atoms with Crippen LogP contribution in [0.4, 0.5) is 4.39 Å². The maximum atomic E-state index is 12.6. The van der Waals surface area contributed by atoms with Crippen molar-refractivity contribution in [1.29, 1.82) is 0 Å². The van der Waals surface area contributed by atoms with Gasteiger partial charge in [-0.2, -0.15) is 8.42 Å². The van der Waals surface area contributed by atoms with Gasteiger partial charge in [-0.3, -0.25) is 9.59 Å². The minimum absolute atomic E-state index is 0.0855. The molecule has 0 spiro atoms. The van der Waals surface area contributed by atoms with Crippen LogP contribution in [0.2, 0.25) is 0 Å². The summed E-state index contributed by atoms with van der Waals surface area (Å²) in [5.41, 5.74) is 0. The molecule has 1 aromatic carbocycles. The summed E-state index contributed by atoms with van der Waals surface area (Å²) < 4.78 is 40.5. The Hall–Kier alpha value is -1.80. The molecule has 1 saturated heterocycles. The Morgan fingerprint density at radius 3 is 2.06 bits per heavy atom. The number of benzene rings is 1. The molecular weight excluding hydrogens is 265 g/mol. The maximum absolute atomic E-state index is 12.6. The van der Waals surface area contributed by atoms with Crippen LogP contribution in [0.5, 0.6) is 0 Å². The van der Waals surface area contributed by atoms with Crippen LogP contribution in [0.3, 0.4) is 0 Å². The first kappa shape index (κ1) is 12.7. The van der Waals surface area contributed by atoms with Gasteiger partial charge >= 0.3 is 10.1 Å². The van der Waals surface area contributed by atoms with Crippen LogP contribution in [0.25, 0.3) is 0 Å². The van der Waals surface area contributed by atoms with Gasteiger partial charge in [-0.15, -0.1) is 9.35 Å². The highest BCUT2D eigenvalue weighted by molar-refractivity contribution is 7.86. The molecule has 0 N–H and O–H groups in total. The molecule has 6 nitrogen and oxygen atoms in total. The Balaban J connectivity index is 2.24. The number of imide groups is 1. The molecule has 0 atom stereocenters. The van der Waals surface area contributed by atoms with Crippen molar-refractivity contribution in [2.75, 3.05) is 0 Å². The summed E-state index contributed by atoms with van der Waals surface area (Å²) in [7, 11) is -4.31. The van der Waals surface area contributed by atoms with E-state index in [2.05, 4.69) is 4.28 Å². The lowest BCUT2D eigenvalue weighted by atomic mass is 10.4. The molecule has 1 aliphatic heterocycles. The van der Waals surface area contributed by atoms with Crippen LogP contribution in [0.1, 0.15) is 12.8 Å². The van der Waals surface area contributed by atoms with Crippen LogP contribution >= 0.6 is 0 Å². The summed E-state index contributed by atoms with van der Waals surface area (Å²) in [5.74, 6) is -2.04. The van der Waals surface area contributed by atoms with Gasteiger partial charge in [0.1, 0.15) is 5.82 Å². The summed E-state index contributed by atoms with van der Waals surface area (Å²) in [6.07, 6.45) is -0.171. The van der Waals surface area contributed by atoms with Crippen molar-refractivity contribution in [2.45, 2.75) is 17.7 Å². The van der Waals surface area contributed by atoms with E-state index in [1.807, 2.05) is 0 Å². The zero-order valence-corrected chi connectivity index (χ0v) is 9.81. The molecule has 0 aromatic heterocycles. The number of rotatable bonds is 3. The summed E-state index contributed by atoms with van der Waals surface area (Å²) in [5, 5.41) is 0.221. The van der Waals surface area contributed by atoms with Crippen molar-refractivity contribution in [1.82, 2.24) is 5.06 Å². The van der Waals surface area contributed by atoms with Gasteiger partial charge < -0.3 is 0 Å². The molecule has 0 bridgehead atoms. The Kier molecular flexibility index (Phi) is 3.14. The predicted octanol–water partition coefficient (Wildman–Crippen LogP) is 0.595. The third-order valence-electron chi connectivity index (χ3n) is 2.28. The minimum atomic E-state index is -4.31. The topological polar surface area (TPSA) is 80.8 Å². The fraction of sp³-hybridized carbons (Fsp3) is 0.200. The van der Waals surface area contributed by atoms with Gasteiger partial charge in [0.15, 0.2) is 0 Å². The Bertz CT molecular complexity index is 579. The second kappa shape index (κ2) is 4.46. The van der Waals surface area contributed by atoms with E-state index in [1.165, 1.54) is 0 Å². The SMILES string of the molecule is O=C1CCC(=O)N1OS(=O)(=O)c1ccc(F)cc1. The summed E-state index contributed by atoms with van der Waals surface area (Å²) >= 11 is 0. The fourth-order valence-corrected chi connectivity index (χ4v) is 2.30. The van der Waals surface area contributed by atoms with Gasteiger partial charge in [0.25, 0.3) is 11.8 Å². The Morgan fingerprint density at radius 2 is 1.56 bits per heavy atom. The first-order valence-corrected chi connectivity index (χ1v) is 6.37. The number of halogens is 1. The van der Waals surface area contributed by atoms with Crippen LogP contribution in [-0.2, 0) is 24.0 Å². The van der Waals surface area contributed by atoms with Crippen molar-refractivity contribution in [3.63, 3.8) is 0 Å². The average Bonchev–Trinajstić information content (AvgIpc) is 2.61. The largest absolute Gasteiger partial charge is 0.318 e. The first-order valence-electron chi connectivity index (χ1n) is 4.96. The summed E-state index contributed by atoms with van der Waals surface area (Å²) in [6, 6.07) is 3.83. The second-order valence-corrected chi connectivity index (χ2v) is 5.09. The van der Waals surface area contributed by atoms with Gasteiger partial charge in [0, 0.05) is 12.8 Å². The van der Waals surface area contributed by atoms with Gasteiger partial charge in [0.2, 0.25) is 0 Å². The Labute approximate surface area is 102 Å². The number of hydroxylamine groups is 2. The van der Waals surface area contributed by atoms with Gasteiger partial charge in [-0.1, -0.05) is 0 Å². The van der Waals surface area contributed by atoms with Crippen molar-refractivity contribution in [3.8, 4) is 0 Å². The number of hydrogen-bond acceptors (Lipinski definition) is 5. The maximum Gasteiger partial charge on any atom is 0.318 e. The van der Waals surface area contributed by atoms with E-state index in [0.717, 1.165) is 24.3 Å². The highest BCUT2D eigenvalue weighted by Gasteiger charge is 2.35. The molecule has 18 heavy (non-hydrogen) atoms. The van der Waals surface area contributed by atoms with Crippen LogP contribution in [-0.4, -0.2) is 25.3 Å². The average molecular weight is 273 g/mol. The lowest BCUT2D eigenvalue weighted by Crippen LogP contribution is -2.32. The fourth-order valence-electron chi connectivity index (χ4n) is 1.38. The highest BCUT2D eigenvalue weighted by Crippen LogP contribution is 2.19. The van der Waals surface area contributed by atoms with E-state index in [9.17, 15) is 22.4 Å². The molecule has 0 aliphatic carbocycles. The molecule has 2 amide bonds. The molecular formula is C10H8FNO5S. The van der Waals surface area contributed by atoms with Crippen LogP contribution in [0, 0.1) is 5.82 Å². The second-order valence-electron chi connectivity index (χ2n) is 3.56. The molecule has 0 unspecified atom stereocenters. The monoisotopic (exact) mass is 273 g/mol. The molecule has 96 valence electrons. The van der Waals surface area contributed by atoms with E-state index < -0.39 is 27.7 Å². The van der Waals surface area contributed by atoms with E-state index in [0.29, 0.717) is 0 Å². The van der Waals surface area contributed by atoms with Gasteiger partial charge in [-0.05, 0) is 24.3 Å². The predicted molar refractivity (Wildman–Crippen MR) is 55.8 cm³/mol. The first-order chi connectivity index (χ1) is 8.40. The zero-order chi connectivity index (χ0) is 13.3. The third kappa shape index (κ3) is 2.39. The standard InChI is InChI=1S/C10H8FNO5S/c11-7-1-3-8(4-2-7)18(15,16)17-12-9(13)5-6-10(12)14/h1-4H,5-6H2. The molecule has 1 aliphatic rings. The van der Waals surface area contributed by atoms with E-state index in [4.69, 9.17) is 0 Å². The summed E-state index contributed by atoms with van der Waals surface area (Å²) in [4.78, 5) is 22.1. The smallest absolute Gasteiger partial charge is 0.272 e. The molecule has 0 saturated carbocycles. The lowest BCUT2D eigenvalue weighted by Gasteiger charge is -2.12. The van der Waals surface area contributed by atoms with E-state index >= 15 is 0 Å². The van der Waals surface area contributed by atoms with Crippen molar-refractivity contribution < 1.29 is 26.7 Å². The number of hydrogen-bond donors (Lipinski definition) is 0. The third-order valence-corrected chi connectivity index (χ3v) is 3.48. The number of nitrogens with zero attached hydrogens (tertiary/aromatic N) is 1. The quantitative estimate of drug-likeness (QED) is 0.753. The normalized spacial score (nSPS) is 16.4. The number of amides is 2. The summed E-state index contributed by atoms with van der Waals surface area (Å²) in [6.45, 7) is 0. The van der Waals surface area contributed by atoms with Crippen molar-refractivity contribution >= 4 is 21.9 Å². The Morgan fingerprint density at radius 1 is 1.06 bits per heavy atom. The van der Waals surface area contributed by atoms with Crippen molar-refractivity contribution in [3.05, 3.63) is 30.1 Å². The van der Waals surface area contributed by atoms with Crippen LogP contribution < -0.4 is 0 Å². The molecule has 2 rings (SSSR count). The van der Waals surface area contributed by atoms with Crippen molar-refractivity contribution in [2.24, 2.45) is 0 Å². The molecule has 1 heterocycles. The minimum Gasteiger partial charge on any atom is -0.272 e. The van der Waals surface area contributed by atoms with Gasteiger partial charge in [0.05, 0.1) is 4.90 Å². The number of carbonyl (C=O) groups excluding carboxylic acids is 2. The molecule has 8 heteroatoms. The lowest BCUT2D eigenvalue weighted by molar-refractivity contribution is -0.163. The van der Waals surface area contributed by atoms with E-state index in [-0.39, 0.29) is 22.8 Å². The van der Waals surface area contributed by atoms with Crippen LogP contribution in [0.15, 0.2) is 29.2 Å². The van der Waals surface area contributed by atoms with Gasteiger partial charge in [-0.25, -0.2) is 4.39 Å². The molecule has 1 fully saturated rings.